The minimum atomic E-state index is -4.82. The van der Waals surface area contributed by atoms with E-state index in [1.54, 1.807) is 25.7 Å². The first-order valence-corrected chi connectivity index (χ1v) is 11.1. The van der Waals surface area contributed by atoms with Crippen molar-refractivity contribution in [2.24, 2.45) is 11.3 Å². The molecule has 0 bridgehead atoms. The van der Waals surface area contributed by atoms with Gasteiger partial charge in [-0.2, -0.15) is 13.2 Å². The standard InChI is InChI=1S/C25H27F4N3O3/c1-24(2,3)23(35)32-12-10-15(11-13-32)21(33)31-20-9-8-16(14-18(20)25(27,28)29)30-22(34)17-6-4-5-7-19(17)26/h4-9,14-15H,10-13H2,1-3H3,(H,30,34)(H,31,33). The van der Waals surface area contributed by atoms with Crippen molar-refractivity contribution in [2.45, 2.75) is 39.8 Å². The van der Waals surface area contributed by atoms with Gasteiger partial charge in [-0.15, -0.1) is 0 Å². The summed E-state index contributed by atoms with van der Waals surface area (Å²) in [6.07, 6.45) is -4.14. The van der Waals surface area contributed by atoms with E-state index in [4.69, 9.17) is 0 Å². The molecule has 0 unspecified atom stereocenters. The fourth-order valence-corrected chi connectivity index (χ4v) is 3.86. The Balaban J connectivity index is 1.72. The number of piperidine rings is 1. The SMILES string of the molecule is CC(C)(C)C(=O)N1CCC(C(=O)Nc2ccc(NC(=O)c3ccccc3F)cc2C(F)(F)F)CC1. The summed E-state index contributed by atoms with van der Waals surface area (Å²) in [5.74, 6) is -2.85. The molecule has 1 heterocycles. The number of carbonyl (C=O) groups excluding carboxylic acids is 3. The van der Waals surface area contributed by atoms with Gasteiger partial charge < -0.3 is 15.5 Å². The average Bonchev–Trinajstić information content (AvgIpc) is 2.78. The zero-order valence-corrected chi connectivity index (χ0v) is 19.6. The molecule has 10 heteroatoms. The van der Waals surface area contributed by atoms with Gasteiger partial charge in [-0.1, -0.05) is 32.9 Å². The summed E-state index contributed by atoms with van der Waals surface area (Å²) >= 11 is 0. The quantitative estimate of drug-likeness (QED) is 0.566. The third kappa shape index (κ3) is 6.37. The molecule has 0 aliphatic carbocycles. The molecule has 0 aromatic heterocycles. The van der Waals surface area contributed by atoms with Crippen LogP contribution in [0.3, 0.4) is 0 Å². The number of halogens is 4. The summed E-state index contributed by atoms with van der Waals surface area (Å²) in [5, 5.41) is 4.60. The van der Waals surface area contributed by atoms with E-state index in [0.717, 1.165) is 12.1 Å². The van der Waals surface area contributed by atoms with E-state index in [9.17, 15) is 31.9 Å². The molecule has 0 radical (unpaired) electrons. The van der Waals surface area contributed by atoms with Crippen molar-refractivity contribution in [3.8, 4) is 0 Å². The fraction of sp³-hybridized carbons (Fsp3) is 0.400. The smallest absolute Gasteiger partial charge is 0.342 e. The van der Waals surface area contributed by atoms with Gasteiger partial charge in [0.1, 0.15) is 5.82 Å². The number of hydrogen-bond acceptors (Lipinski definition) is 3. The van der Waals surface area contributed by atoms with Crippen LogP contribution in [0.2, 0.25) is 0 Å². The maximum absolute atomic E-state index is 13.8. The van der Waals surface area contributed by atoms with E-state index in [1.807, 2.05) is 0 Å². The Morgan fingerprint density at radius 1 is 0.943 bits per heavy atom. The molecule has 1 saturated heterocycles. The molecule has 188 valence electrons. The maximum atomic E-state index is 13.8. The topological polar surface area (TPSA) is 78.5 Å². The van der Waals surface area contributed by atoms with Crippen molar-refractivity contribution in [3.63, 3.8) is 0 Å². The van der Waals surface area contributed by atoms with Crippen LogP contribution in [0.4, 0.5) is 28.9 Å². The number of amides is 3. The van der Waals surface area contributed by atoms with Gasteiger partial charge in [-0.3, -0.25) is 14.4 Å². The summed E-state index contributed by atoms with van der Waals surface area (Å²) in [4.78, 5) is 39.1. The largest absolute Gasteiger partial charge is 0.418 e. The van der Waals surface area contributed by atoms with Crippen molar-refractivity contribution < 1.29 is 31.9 Å². The van der Waals surface area contributed by atoms with Gasteiger partial charge in [0.2, 0.25) is 11.8 Å². The van der Waals surface area contributed by atoms with Gasteiger partial charge in [-0.05, 0) is 43.2 Å². The highest BCUT2D eigenvalue weighted by Gasteiger charge is 2.36. The molecule has 2 aromatic rings. The van der Waals surface area contributed by atoms with Gasteiger partial charge in [-0.25, -0.2) is 4.39 Å². The monoisotopic (exact) mass is 493 g/mol. The Kier molecular flexibility index (Phi) is 7.52. The van der Waals surface area contributed by atoms with Crippen LogP contribution in [-0.2, 0) is 15.8 Å². The molecule has 35 heavy (non-hydrogen) atoms. The van der Waals surface area contributed by atoms with Crippen LogP contribution in [0.15, 0.2) is 42.5 Å². The molecule has 3 amide bonds. The van der Waals surface area contributed by atoms with Crippen LogP contribution >= 0.6 is 0 Å². The fourth-order valence-electron chi connectivity index (χ4n) is 3.86. The summed E-state index contributed by atoms with van der Waals surface area (Å²) < 4.78 is 55.0. The first-order chi connectivity index (χ1) is 16.3. The van der Waals surface area contributed by atoms with Crippen molar-refractivity contribution in [3.05, 3.63) is 59.4 Å². The molecule has 2 aromatic carbocycles. The van der Waals surface area contributed by atoms with Gasteiger partial charge >= 0.3 is 6.18 Å². The Labute approximate surface area is 200 Å². The first kappa shape index (κ1) is 26.2. The lowest BCUT2D eigenvalue weighted by Gasteiger charge is -2.35. The summed E-state index contributed by atoms with van der Waals surface area (Å²) in [6, 6.07) is 8.05. The second kappa shape index (κ2) is 10.1. The molecule has 2 N–H and O–H groups in total. The third-order valence-electron chi connectivity index (χ3n) is 5.75. The lowest BCUT2D eigenvalue weighted by Crippen LogP contribution is -2.45. The number of likely N-dealkylation sites (tertiary alicyclic amines) is 1. The summed E-state index contributed by atoms with van der Waals surface area (Å²) in [7, 11) is 0. The molecule has 1 aliphatic heterocycles. The molecule has 1 fully saturated rings. The van der Waals surface area contributed by atoms with E-state index in [-0.39, 0.29) is 17.2 Å². The highest BCUT2D eigenvalue weighted by atomic mass is 19.4. The van der Waals surface area contributed by atoms with Crippen molar-refractivity contribution >= 4 is 29.1 Å². The number of anilines is 2. The number of hydrogen-bond donors (Lipinski definition) is 2. The number of carbonyl (C=O) groups is 3. The lowest BCUT2D eigenvalue weighted by molar-refractivity contribution is -0.142. The molecular formula is C25H27F4N3O3. The van der Waals surface area contributed by atoms with Crippen molar-refractivity contribution in [1.29, 1.82) is 0 Å². The maximum Gasteiger partial charge on any atom is 0.418 e. The Morgan fingerprint density at radius 3 is 2.14 bits per heavy atom. The normalized spacial score (nSPS) is 15.0. The predicted molar refractivity (Wildman–Crippen MR) is 123 cm³/mol. The van der Waals surface area contributed by atoms with Crippen LogP contribution in [0, 0.1) is 17.2 Å². The Morgan fingerprint density at radius 2 is 1.57 bits per heavy atom. The predicted octanol–water partition coefficient (Wildman–Crippen LogP) is 5.32. The van der Waals surface area contributed by atoms with Gasteiger partial charge in [0.05, 0.1) is 16.8 Å². The van der Waals surface area contributed by atoms with Gasteiger partial charge in [0.15, 0.2) is 0 Å². The number of alkyl halides is 3. The number of benzene rings is 2. The Bertz CT molecular complexity index is 1120. The zero-order valence-electron chi connectivity index (χ0n) is 19.6. The molecule has 0 atom stereocenters. The van der Waals surface area contributed by atoms with E-state index < -0.39 is 46.4 Å². The highest BCUT2D eigenvalue weighted by Crippen LogP contribution is 2.37. The molecule has 3 rings (SSSR count). The number of rotatable bonds is 4. The molecule has 0 saturated carbocycles. The summed E-state index contributed by atoms with van der Waals surface area (Å²) in [6.45, 7) is 6.10. The van der Waals surface area contributed by atoms with Crippen LogP contribution in [0.1, 0.15) is 49.5 Å². The van der Waals surface area contributed by atoms with Crippen LogP contribution < -0.4 is 10.6 Å². The lowest BCUT2D eigenvalue weighted by atomic mass is 9.90. The average molecular weight is 494 g/mol. The molecule has 0 spiro atoms. The third-order valence-corrected chi connectivity index (χ3v) is 5.75. The van der Waals surface area contributed by atoms with Crippen LogP contribution in [-0.4, -0.2) is 35.7 Å². The molecular weight excluding hydrogens is 466 g/mol. The highest BCUT2D eigenvalue weighted by molar-refractivity contribution is 6.04. The zero-order chi connectivity index (χ0) is 26.0. The number of nitrogens with zero attached hydrogens (tertiary/aromatic N) is 1. The van der Waals surface area contributed by atoms with Crippen molar-refractivity contribution in [2.75, 3.05) is 23.7 Å². The van der Waals surface area contributed by atoms with Gasteiger partial charge in [0, 0.05) is 30.1 Å². The van der Waals surface area contributed by atoms with E-state index in [0.29, 0.717) is 32.0 Å². The minimum Gasteiger partial charge on any atom is -0.342 e. The van der Waals surface area contributed by atoms with Gasteiger partial charge in [0.25, 0.3) is 5.91 Å². The molecule has 1 aliphatic rings. The van der Waals surface area contributed by atoms with E-state index in [2.05, 4.69) is 10.6 Å². The second-order valence-corrected chi connectivity index (χ2v) is 9.50. The second-order valence-electron chi connectivity index (χ2n) is 9.50. The van der Waals surface area contributed by atoms with E-state index >= 15 is 0 Å². The van der Waals surface area contributed by atoms with E-state index in [1.165, 1.54) is 24.3 Å². The first-order valence-electron chi connectivity index (χ1n) is 11.1. The summed E-state index contributed by atoms with van der Waals surface area (Å²) in [5.41, 5.74) is -2.65. The molecule has 6 nitrogen and oxygen atoms in total. The number of nitrogens with one attached hydrogen (secondary N) is 2. The van der Waals surface area contributed by atoms with Crippen LogP contribution in [0.5, 0.6) is 0 Å². The van der Waals surface area contributed by atoms with Crippen molar-refractivity contribution in [1.82, 2.24) is 4.90 Å². The minimum absolute atomic E-state index is 0.0382. The van der Waals surface area contributed by atoms with Crippen LogP contribution in [0.25, 0.3) is 0 Å². The Hall–Kier alpha value is -3.43.